The summed E-state index contributed by atoms with van der Waals surface area (Å²) in [6, 6.07) is 0.340. The first-order valence-corrected chi connectivity index (χ1v) is 7.06. The SMILES string of the molecule is Cc1[nH]c(=O)n(CCC(=O)N2CCCCC2C)c1C. The highest BCUT2D eigenvalue weighted by Crippen LogP contribution is 2.17. The molecule has 0 spiro atoms. The summed E-state index contributed by atoms with van der Waals surface area (Å²) >= 11 is 0. The molecule has 1 aliphatic heterocycles. The number of imidazole rings is 1. The predicted octanol–water partition coefficient (Wildman–Crippen LogP) is 1.58. The van der Waals surface area contributed by atoms with E-state index in [2.05, 4.69) is 11.9 Å². The Morgan fingerprint density at radius 3 is 2.68 bits per heavy atom. The first kappa shape index (κ1) is 13.9. The normalized spacial score (nSPS) is 19.7. The summed E-state index contributed by atoms with van der Waals surface area (Å²) in [5, 5.41) is 0. The second kappa shape index (κ2) is 5.63. The number of hydrogen-bond donors (Lipinski definition) is 1. The quantitative estimate of drug-likeness (QED) is 0.902. The zero-order chi connectivity index (χ0) is 14.0. The van der Waals surface area contributed by atoms with Gasteiger partial charge in [-0.3, -0.25) is 9.36 Å². The second-order valence-corrected chi connectivity index (χ2v) is 5.47. The molecule has 1 fully saturated rings. The van der Waals surface area contributed by atoms with Crippen molar-refractivity contribution in [3.8, 4) is 0 Å². The van der Waals surface area contributed by atoms with Crippen LogP contribution in [0.3, 0.4) is 0 Å². The number of carbonyl (C=O) groups excluding carboxylic acids is 1. The summed E-state index contributed by atoms with van der Waals surface area (Å²) in [6.45, 7) is 7.22. The van der Waals surface area contributed by atoms with Crippen molar-refractivity contribution in [2.45, 2.75) is 59.0 Å². The van der Waals surface area contributed by atoms with E-state index in [1.165, 1.54) is 6.42 Å². The Kier molecular flexibility index (Phi) is 4.12. The van der Waals surface area contributed by atoms with Crippen LogP contribution in [0.2, 0.25) is 0 Å². The third-order valence-corrected chi connectivity index (χ3v) is 4.16. The molecule has 1 aromatic heterocycles. The molecule has 1 amide bonds. The van der Waals surface area contributed by atoms with Crippen LogP contribution in [-0.4, -0.2) is 32.9 Å². The number of rotatable bonds is 3. The van der Waals surface area contributed by atoms with Gasteiger partial charge in [0.05, 0.1) is 0 Å². The van der Waals surface area contributed by atoms with Crippen molar-refractivity contribution in [1.82, 2.24) is 14.5 Å². The van der Waals surface area contributed by atoms with Crippen LogP contribution >= 0.6 is 0 Å². The Hall–Kier alpha value is -1.52. The van der Waals surface area contributed by atoms with E-state index < -0.39 is 0 Å². The fourth-order valence-electron chi connectivity index (χ4n) is 2.76. The van der Waals surface area contributed by atoms with Crippen molar-refractivity contribution >= 4 is 5.91 Å². The van der Waals surface area contributed by atoms with Crippen LogP contribution in [-0.2, 0) is 11.3 Å². The molecule has 1 atom stereocenters. The molecule has 0 bridgehead atoms. The molecular weight excluding hydrogens is 242 g/mol. The topological polar surface area (TPSA) is 58.1 Å². The number of H-pyrrole nitrogens is 1. The molecule has 1 N–H and O–H groups in total. The molecule has 1 aliphatic rings. The van der Waals surface area contributed by atoms with Gasteiger partial charge in [0, 0.05) is 36.9 Å². The number of nitrogens with one attached hydrogen (secondary N) is 1. The Balaban J connectivity index is 1.98. The lowest BCUT2D eigenvalue weighted by molar-refractivity contribution is -0.134. The number of piperidine rings is 1. The zero-order valence-electron chi connectivity index (χ0n) is 12.0. The highest BCUT2D eigenvalue weighted by molar-refractivity contribution is 5.76. The number of carbonyl (C=O) groups is 1. The third-order valence-electron chi connectivity index (χ3n) is 4.16. The minimum absolute atomic E-state index is 0.116. The van der Waals surface area contributed by atoms with Gasteiger partial charge in [-0.25, -0.2) is 4.79 Å². The molecule has 2 heterocycles. The number of nitrogens with zero attached hydrogens (tertiary/aromatic N) is 2. The van der Waals surface area contributed by atoms with Crippen molar-refractivity contribution in [3.63, 3.8) is 0 Å². The fourth-order valence-corrected chi connectivity index (χ4v) is 2.76. The number of aryl methyl sites for hydroxylation is 1. The van der Waals surface area contributed by atoms with Gasteiger partial charge in [-0.15, -0.1) is 0 Å². The van der Waals surface area contributed by atoms with E-state index in [0.717, 1.165) is 30.8 Å². The number of hydrogen-bond acceptors (Lipinski definition) is 2. The number of likely N-dealkylation sites (tertiary alicyclic amines) is 1. The minimum atomic E-state index is -0.116. The summed E-state index contributed by atoms with van der Waals surface area (Å²) in [5.74, 6) is 0.164. The lowest BCUT2D eigenvalue weighted by Crippen LogP contribution is -2.42. The van der Waals surface area contributed by atoms with Gasteiger partial charge in [-0.05, 0) is 40.0 Å². The van der Waals surface area contributed by atoms with E-state index in [9.17, 15) is 9.59 Å². The Bertz CT molecular complexity index is 515. The highest BCUT2D eigenvalue weighted by Gasteiger charge is 2.23. The van der Waals surface area contributed by atoms with Crippen LogP contribution in [0.5, 0.6) is 0 Å². The molecule has 0 aromatic carbocycles. The van der Waals surface area contributed by atoms with Crippen LogP contribution < -0.4 is 5.69 Å². The lowest BCUT2D eigenvalue weighted by Gasteiger charge is -2.33. The summed E-state index contributed by atoms with van der Waals surface area (Å²) in [7, 11) is 0. The van der Waals surface area contributed by atoms with E-state index in [1.807, 2.05) is 18.7 Å². The molecule has 5 heteroatoms. The summed E-state index contributed by atoms with van der Waals surface area (Å²) in [6.07, 6.45) is 3.80. The van der Waals surface area contributed by atoms with Crippen LogP contribution in [0.25, 0.3) is 0 Å². The molecule has 2 rings (SSSR count). The Morgan fingerprint density at radius 1 is 1.37 bits per heavy atom. The van der Waals surface area contributed by atoms with Gasteiger partial charge in [-0.1, -0.05) is 0 Å². The maximum Gasteiger partial charge on any atom is 0.325 e. The van der Waals surface area contributed by atoms with Crippen LogP contribution in [0.1, 0.15) is 44.0 Å². The molecule has 1 aromatic rings. The maximum absolute atomic E-state index is 12.2. The van der Waals surface area contributed by atoms with Gasteiger partial charge in [0.15, 0.2) is 0 Å². The van der Waals surface area contributed by atoms with Crippen molar-refractivity contribution in [2.24, 2.45) is 0 Å². The first-order valence-electron chi connectivity index (χ1n) is 7.06. The van der Waals surface area contributed by atoms with Crippen molar-refractivity contribution in [1.29, 1.82) is 0 Å². The van der Waals surface area contributed by atoms with Crippen LogP contribution in [0.15, 0.2) is 4.79 Å². The Morgan fingerprint density at radius 2 is 2.11 bits per heavy atom. The van der Waals surface area contributed by atoms with Crippen molar-refractivity contribution in [3.05, 3.63) is 21.9 Å². The molecule has 1 saturated heterocycles. The number of amides is 1. The van der Waals surface area contributed by atoms with E-state index in [4.69, 9.17) is 0 Å². The standard InChI is InChI=1S/C14H23N3O2/c1-10-6-4-5-8-16(10)13(18)7-9-17-12(3)11(2)15-14(17)19/h10H,4-9H2,1-3H3,(H,15,19). The van der Waals surface area contributed by atoms with E-state index in [-0.39, 0.29) is 11.6 Å². The lowest BCUT2D eigenvalue weighted by atomic mass is 10.0. The summed E-state index contributed by atoms with van der Waals surface area (Å²) in [5.41, 5.74) is 1.68. The summed E-state index contributed by atoms with van der Waals surface area (Å²) in [4.78, 5) is 28.6. The maximum atomic E-state index is 12.2. The fraction of sp³-hybridized carbons (Fsp3) is 0.714. The highest BCUT2D eigenvalue weighted by atomic mass is 16.2. The molecule has 106 valence electrons. The predicted molar refractivity (Wildman–Crippen MR) is 74.2 cm³/mol. The molecule has 1 unspecified atom stereocenters. The van der Waals surface area contributed by atoms with Gasteiger partial charge in [-0.2, -0.15) is 0 Å². The molecular formula is C14H23N3O2. The van der Waals surface area contributed by atoms with E-state index in [1.54, 1.807) is 4.57 Å². The molecule has 0 saturated carbocycles. The number of aromatic nitrogens is 2. The second-order valence-electron chi connectivity index (χ2n) is 5.47. The zero-order valence-corrected chi connectivity index (χ0v) is 12.0. The Labute approximate surface area is 113 Å². The molecule has 0 aliphatic carbocycles. The van der Waals surface area contributed by atoms with E-state index >= 15 is 0 Å². The van der Waals surface area contributed by atoms with Gasteiger partial charge < -0.3 is 9.88 Å². The van der Waals surface area contributed by atoms with Crippen molar-refractivity contribution in [2.75, 3.05) is 6.54 Å². The van der Waals surface area contributed by atoms with Gasteiger partial charge >= 0.3 is 5.69 Å². The average molecular weight is 265 g/mol. The smallest absolute Gasteiger partial charge is 0.325 e. The number of aromatic amines is 1. The van der Waals surface area contributed by atoms with Crippen LogP contribution in [0, 0.1) is 13.8 Å². The minimum Gasteiger partial charge on any atom is -0.340 e. The van der Waals surface area contributed by atoms with Gasteiger partial charge in [0.1, 0.15) is 0 Å². The van der Waals surface area contributed by atoms with Crippen LogP contribution in [0.4, 0.5) is 0 Å². The van der Waals surface area contributed by atoms with Crippen molar-refractivity contribution < 1.29 is 4.79 Å². The largest absolute Gasteiger partial charge is 0.340 e. The average Bonchev–Trinajstić information content (AvgIpc) is 2.61. The third kappa shape index (κ3) is 2.91. The van der Waals surface area contributed by atoms with Gasteiger partial charge in [0.25, 0.3) is 0 Å². The molecule has 5 nitrogen and oxygen atoms in total. The molecule has 0 radical (unpaired) electrons. The van der Waals surface area contributed by atoms with E-state index in [0.29, 0.717) is 19.0 Å². The van der Waals surface area contributed by atoms with Gasteiger partial charge in [0.2, 0.25) is 5.91 Å². The molecule has 19 heavy (non-hydrogen) atoms. The monoisotopic (exact) mass is 265 g/mol. The summed E-state index contributed by atoms with van der Waals surface area (Å²) < 4.78 is 1.65. The first-order chi connectivity index (χ1) is 9.00.